The Hall–Kier alpha value is -0.0800. The molecule has 0 N–H and O–H groups in total. The summed E-state index contributed by atoms with van der Waals surface area (Å²) in [5.41, 5.74) is 1.42. The van der Waals surface area contributed by atoms with Gasteiger partial charge < -0.3 is 0 Å². The van der Waals surface area contributed by atoms with Crippen LogP contribution in [0.1, 0.15) is 24.0 Å². The van der Waals surface area contributed by atoms with Gasteiger partial charge >= 0.3 is 0 Å². The predicted molar refractivity (Wildman–Crippen MR) is 65.4 cm³/mol. The van der Waals surface area contributed by atoms with Crippen LogP contribution in [-0.4, -0.2) is 11.5 Å². The quantitative estimate of drug-likeness (QED) is 0.686. The summed E-state index contributed by atoms with van der Waals surface area (Å²) < 4.78 is 0.584. The summed E-state index contributed by atoms with van der Waals surface area (Å²) in [6.07, 6.45) is 2.17. The number of hydrogen-bond acceptors (Lipinski definition) is 2. The molecule has 1 rings (SSSR count). The Labute approximate surface area is 89.5 Å². The zero-order valence-corrected chi connectivity index (χ0v) is 9.99. The zero-order chi connectivity index (χ0) is 9.68. The smallest absolute Gasteiger partial charge is 0.0751 e. The lowest BCUT2D eigenvalue weighted by molar-refractivity contribution is 1.11. The standard InChI is InChI=1S/C11H16S2/c1-9(2)13-11(12-3)10-7-5-4-6-8-10/h4-9,11H,1-3H3. The lowest BCUT2D eigenvalue weighted by atomic mass is 10.2. The van der Waals surface area contributed by atoms with E-state index in [1.807, 2.05) is 23.5 Å². The van der Waals surface area contributed by atoms with Crippen molar-refractivity contribution in [2.24, 2.45) is 0 Å². The van der Waals surface area contributed by atoms with E-state index in [0.717, 1.165) is 0 Å². The molecule has 0 heterocycles. The molecule has 1 unspecified atom stereocenters. The molecule has 0 fully saturated rings. The van der Waals surface area contributed by atoms with Gasteiger partial charge in [-0.3, -0.25) is 0 Å². The van der Waals surface area contributed by atoms with Crippen molar-refractivity contribution in [1.82, 2.24) is 0 Å². The van der Waals surface area contributed by atoms with Gasteiger partial charge in [0.15, 0.2) is 0 Å². The Bertz CT molecular complexity index is 231. The maximum absolute atomic E-state index is 2.25. The van der Waals surface area contributed by atoms with Crippen LogP contribution in [0.25, 0.3) is 0 Å². The van der Waals surface area contributed by atoms with E-state index in [0.29, 0.717) is 9.83 Å². The minimum atomic E-state index is 0.584. The Morgan fingerprint density at radius 3 is 2.15 bits per heavy atom. The molecule has 0 aromatic heterocycles. The third-order valence-electron chi connectivity index (χ3n) is 1.68. The molecule has 0 bridgehead atoms. The van der Waals surface area contributed by atoms with Crippen molar-refractivity contribution >= 4 is 23.5 Å². The van der Waals surface area contributed by atoms with Gasteiger partial charge in [-0.05, 0) is 11.8 Å². The molecule has 0 saturated carbocycles. The number of hydrogen-bond donors (Lipinski definition) is 0. The minimum Gasteiger partial charge on any atom is -0.146 e. The molecule has 0 aliphatic rings. The van der Waals surface area contributed by atoms with Gasteiger partial charge in [0.1, 0.15) is 0 Å². The van der Waals surface area contributed by atoms with E-state index in [2.05, 4.69) is 50.4 Å². The van der Waals surface area contributed by atoms with Gasteiger partial charge in [-0.25, -0.2) is 0 Å². The van der Waals surface area contributed by atoms with Crippen LogP contribution in [0.15, 0.2) is 30.3 Å². The topological polar surface area (TPSA) is 0 Å². The van der Waals surface area contributed by atoms with Crippen molar-refractivity contribution in [3.05, 3.63) is 35.9 Å². The zero-order valence-electron chi connectivity index (χ0n) is 8.36. The van der Waals surface area contributed by atoms with Gasteiger partial charge in [0.2, 0.25) is 0 Å². The molecule has 13 heavy (non-hydrogen) atoms. The first kappa shape index (κ1) is 11.0. The van der Waals surface area contributed by atoms with Crippen molar-refractivity contribution in [2.75, 3.05) is 6.26 Å². The van der Waals surface area contributed by atoms with Gasteiger partial charge in [0.25, 0.3) is 0 Å². The molecule has 2 heteroatoms. The summed E-state index contributed by atoms with van der Waals surface area (Å²) in [7, 11) is 0. The highest BCUT2D eigenvalue weighted by Gasteiger charge is 2.11. The molecule has 0 aliphatic carbocycles. The highest BCUT2D eigenvalue weighted by atomic mass is 32.2. The molecular weight excluding hydrogens is 196 g/mol. The van der Waals surface area contributed by atoms with Crippen LogP contribution in [0.3, 0.4) is 0 Å². The van der Waals surface area contributed by atoms with E-state index in [-0.39, 0.29) is 0 Å². The van der Waals surface area contributed by atoms with Gasteiger partial charge in [-0.15, -0.1) is 23.5 Å². The second-order valence-electron chi connectivity index (χ2n) is 3.16. The molecular formula is C11H16S2. The van der Waals surface area contributed by atoms with E-state index >= 15 is 0 Å². The van der Waals surface area contributed by atoms with E-state index in [1.165, 1.54) is 5.56 Å². The lowest BCUT2D eigenvalue weighted by Gasteiger charge is -2.16. The van der Waals surface area contributed by atoms with Crippen molar-refractivity contribution < 1.29 is 0 Å². The first-order valence-electron chi connectivity index (χ1n) is 4.47. The van der Waals surface area contributed by atoms with Crippen LogP contribution in [0.2, 0.25) is 0 Å². The summed E-state index contributed by atoms with van der Waals surface area (Å²) in [5, 5.41) is 0.692. The molecule has 1 atom stereocenters. The SMILES string of the molecule is CSC(SC(C)C)c1ccccc1. The van der Waals surface area contributed by atoms with Crippen LogP contribution in [0.4, 0.5) is 0 Å². The summed E-state index contributed by atoms with van der Waals surface area (Å²) in [6, 6.07) is 10.7. The number of benzene rings is 1. The third kappa shape index (κ3) is 3.65. The monoisotopic (exact) mass is 212 g/mol. The van der Waals surface area contributed by atoms with E-state index in [4.69, 9.17) is 0 Å². The predicted octanol–water partition coefficient (Wildman–Crippen LogP) is 4.19. The average molecular weight is 212 g/mol. The van der Waals surface area contributed by atoms with Crippen LogP contribution < -0.4 is 0 Å². The summed E-state index contributed by atoms with van der Waals surface area (Å²) in [5.74, 6) is 0. The summed E-state index contributed by atoms with van der Waals surface area (Å²) in [6.45, 7) is 4.49. The first-order valence-corrected chi connectivity index (χ1v) is 6.70. The number of rotatable bonds is 4. The second-order valence-corrected chi connectivity index (χ2v) is 6.09. The van der Waals surface area contributed by atoms with Gasteiger partial charge in [-0.2, -0.15) is 0 Å². The Morgan fingerprint density at radius 1 is 1.08 bits per heavy atom. The molecule has 0 saturated heterocycles. The maximum atomic E-state index is 2.25. The Kier molecular flexibility index (Phi) is 4.74. The van der Waals surface area contributed by atoms with Gasteiger partial charge in [0, 0.05) is 5.25 Å². The fraction of sp³-hybridized carbons (Fsp3) is 0.455. The minimum absolute atomic E-state index is 0.584. The Balaban J connectivity index is 2.67. The van der Waals surface area contributed by atoms with Crippen molar-refractivity contribution in [3.63, 3.8) is 0 Å². The van der Waals surface area contributed by atoms with Gasteiger partial charge in [0.05, 0.1) is 4.58 Å². The van der Waals surface area contributed by atoms with E-state index in [1.54, 1.807) is 0 Å². The summed E-state index contributed by atoms with van der Waals surface area (Å²) >= 11 is 3.93. The van der Waals surface area contributed by atoms with Gasteiger partial charge in [-0.1, -0.05) is 44.2 Å². The molecule has 0 aliphatic heterocycles. The van der Waals surface area contributed by atoms with Crippen LogP contribution in [0, 0.1) is 0 Å². The van der Waals surface area contributed by atoms with Crippen LogP contribution in [0.5, 0.6) is 0 Å². The molecule has 0 nitrogen and oxygen atoms in total. The number of thioether (sulfide) groups is 2. The average Bonchev–Trinajstić information content (AvgIpc) is 2.15. The molecule has 0 spiro atoms. The normalized spacial score (nSPS) is 13.2. The van der Waals surface area contributed by atoms with Crippen molar-refractivity contribution in [3.8, 4) is 0 Å². The van der Waals surface area contributed by atoms with Crippen molar-refractivity contribution in [1.29, 1.82) is 0 Å². The first-order chi connectivity index (χ1) is 6.24. The Morgan fingerprint density at radius 2 is 1.69 bits per heavy atom. The third-order valence-corrected chi connectivity index (χ3v) is 4.36. The molecule has 72 valence electrons. The lowest BCUT2D eigenvalue weighted by Crippen LogP contribution is -1.94. The van der Waals surface area contributed by atoms with E-state index < -0.39 is 0 Å². The summed E-state index contributed by atoms with van der Waals surface area (Å²) in [4.78, 5) is 0. The second kappa shape index (κ2) is 5.61. The highest BCUT2D eigenvalue weighted by Crippen LogP contribution is 2.39. The van der Waals surface area contributed by atoms with E-state index in [9.17, 15) is 0 Å². The maximum Gasteiger partial charge on any atom is 0.0751 e. The largest absolute Gasteiger partial charge is 0.146 e. The molecule has 1 aromatic rings. The van der Waals surface area contributed by atoms with Crippen molar-refractivity contribution in [2.45, 2.75) is 23.7 Å². The molecule has 0 radical (unpaired) electrons. The molecule has 1 aromatic carbocycles. The molecule has 0 amide bonds. The highest BCUT2D eigenvalue weighted by molar-refractivity contribution is 8.16. The van der Waals surface area contributed by atoms with Crippen LogP contribution >= 0.6 is 23.5 Å². The van der Waals surface area contributed by atoms with Crippen LogP contribution in [-0.2, 0) is 0 Å². The fourth-order valence-electron chi connectivity index (χ4n) is 1.13. The fourth-order valence-corrected chi connectivity index (χ4v) is 3.48.